The molecule has 2 aliphatic heterocycles. The van der Waals surface area contributed by atoms with Crippen LogP contribution in [0.3, 0.4) is 0 Å². The van der Waals surface area contributed by atoms with Crippen molar-refractivity contribution in [1.29, 1.82) is 0 Å². The molecule has 0 radical (unpaired) electrons. The first-order valence-electron chi connectivity index (χ1n) is 9.57. The van der Waals surface area contributed by atoms with Gasteiger partial charge in [0.25, 0.3) is 0 Å². The van der Waals surface area contributed by atoms with Crippen molar-refractivity contribution in [2.75, 3.05) is 19.8 Å². The number of fused-ring (bicyclic) bond motifs is 1. The van der Waals surface area contributed by atoms with E-state index in [4.69, 9.17) is 14.2 Å². The smallest absolute Gasteiger partial charge is 0.407 e. The minimum Gasteiger partial charge on any atom is -0.441 e. The maximum atomic E-state index is 12.1. The first-order valence-corrected chi connectivity index (χ1v) is 9.57. The van der Waals surface area contributed by atoms with Gasteiger partial charge in [-0.25, -0.2) is 4.79 Å². The fourth-order valence-corrected chi connectivity index (χ4v) is 3.88. The van der Waals surface area contributed by atoms with Gasteiger partial charge in [0.1, 0.15) is 12.2 Å². The summed E-state index contributed by atoms with van der Waals surface area (Å²) in [5.74, 6) is 0.680. The highest BCUT2D eigenvalue weighted by atomic mass is 16.6. The summed E-state index contributed by atoms with van der Waals surface area (Å²) in [6.45, 7) is 6.45. The number of amides is 1. The van der Waals surface area contributed by atoms with Crippen molar-refractivity contribution >= 4 is 6.09 Å². The molecule has 24 heavy (non-hydrogen) atoms. The predicted octanol–water partition coefficient (Wildman–Crippen LogP) is 2.22. The zero-order valence-electron chi connectivity index (χ0n) is 15.0. The highest BCUT2D eigenvalue weighted by molar-refractivity contribution is 5.68. The van der Waals surface area contributed by atoms with Crippen LogP contribution in [0.25, 0.3) is 0 Å². The zero-order chi connectivity index (χ0) is 16.9. The Bertz CT molecular complexity index is 412. The molecule has 1 amide bonds. The second-order valence-electron chi connectivity index (χ2n) is 7.76. The topological polar surface area (TPSA) is 68.8 Å². The molecule has 2 N–H and O–H groups in total. The third-order valence-electron chi connectivity index (χ3n) is 5.32. The summed E-state index contributed by atoms with van der Waals surface area (Å²) < 4.78 is 17.3. The van der Waals surface area contributed by atoms with Crippen molar-refractivity contribution in [2.24, 2.45) is 5.92 Å². The number of nitrogens with one attached hydrogen (secondary N) is 2. The Balaban J connectivity index is 1.41. The van der Waals surface area contributed by atoms with Crippen LogP contribution in [0.15, 0.2) is 0 Å². The number of hydrogen-bond acceptors (Lipinski definition) is 5. The molecule has 6 nitrogen and oxygen atoms in total. The SMILES string of the molecule is CC(C)CCNC1COC2C(OC(=O)NC3CCCCC3)COC12. The molecular formula is C18H32N2O4. The van der Waals surface area contributed by atoms with E-state index < -0.39 is 0 Å². The molecule has 0 aromatic rings. The van der Waals surface area contributed by atoms with Crippen molar-refractivity contribution < 1.29 is 19.0 Å². The molecule has 2 heterocycles. The third-order valence-corrected chi connectivity index (χ3v) is 5.32. The van der Waals surface area contributed by atoms with Crippen LogP contribution < -0.4 is 10.6 Å². The van der Waals surface area contributed by atoms with Gasteiger partial charge in [0.2, 0.25) is 0 Å². The van der Waals surface area contributed by atoms with Gasteiger partial charge in [-0.2, -0.15) is 0 Å². The molecule has 0 bridgehead atoms. The summed E-state index contributed by atoms with van der Waals surface area (Å²) in [5, 5.41) is 6.51. The Morgan fingerprint density at radius 3 is 2.62 bits per heavy atom. The molecule has 138 valence electrons. The fourth-order valence-electron chi connectivity index (χ4n) is 3.88. The number of rotatable bonds is 6. The Labute approximate surface area is 145 Å². The average Bonchev–Trinajstić information content (AvgIpc) is 3.12. The fraction of sp³-hybridized carbons (Fsp3) is 0.944. The van der Waals surface area contributed by atoms with Gasteiger partial charge in [-0.05, 0) is 31.7 Å². The van der Waals surface area contributed by atoms with Gasteiger partial charge in [0.15, 0.2) is 6.10 Å². The summed E-state index contributed by atoms with van der Waals surface area (Å²) in [6, 6.07) is 0.461. The van der Waals surface area contributed by atoms with Gasteiger partial charge in [0, 0.05) is 6.04 Å². The molecule has 3 rings (SSSR count). The van der Waals surface area contributed by atoms with E-state index in [1.54, 1.807) is 0 Å². The monoisotopic (exact) mass is 340 g/mol. The molecule has 3 fully saturated rings. The van der Waals surface area contributed by atoms with Crippen LogP contribution in [0.5, 0.6) is 0 Å². The van der Waals surface area contributed by atoms with Crippen LogP contribution in [-0.2, 0) is 14.2 Å². The molecule has 4 unspecified atom stereocenters. The number of carbonyl (C=O) groups is 1. The largest absolute Gasteiger partial charge is 0.441 e. The van der Waals surface area contributed by atoms with Gasteiger partial charge in [-0.15, -0.1) is 0 Å². The first-order chi connectivity index (χ1) is 11.6. The van der Waals surface area contributed by atoms with Crippen LogP contribution in [0, 0.1) is 5.92 Å². The molecule has 1 aliphatic carbocycles. The lowest BCUT2D eigenvalue weighted by Crippen LogP contribution is -2.43. The molecular weight excluding hydrogens is 308 g/mol. The maximum Gasteiger partial charge on any atom is 0.407 e. The van der Waals surface area contributed by atoms with E-state index in [0.29, 0.717) is 19.1 Å². The third kappa shape index (κ3) is 4.61. The Morgan fingerprint density at radius 2 is 1.88 bits per heavy atom. The quantitative estimate of drug-likeness (QED) is 0.776. The van der Waals surface area contributed by atoms with E-state index in [9.17, 15) is 4.79 Å². The molecule has 0 aromatic carbocycles. The van der Waals surface area contributed by atoms with E-state index in [-0.39, 0.29) is 36.5 Å². The summed E-state index contributed by atoms with van der Waals surface area (Å²) >= 11 is 0. The first kappa shape index (κ1) is 18.0. The summed E-state index contributed by atoms with van der Waals surface area (Å²) in [4.78, 5) is 12.1. The lowest BCUT2D eigenvalue weighted by atomic mass is 9.96. The highest BCUT2D eigenvalue weighted by Crippen LogP contribution is 2.29. The van der Waals surface area contributed by atoms with Crippen LogP contribution in [0.4, 0.5) is 4.79 Å². The maximum absolute atomic E-state index is 12.1. The van der Waals surface area contributed by atoms with Crippen molar-refractivity contribution in [1.82, 2.24) is 10.6 Å². The standard InChI is InChI=1S/C18H32N2O4/c1-12(2)8-9-19-14-10-22-17-15(11-23-16(14)17)24-18(21)20-13-6-4-3-5-7-13/h12-17,19H,3-11H2,1-2H3,(H,20,21). The van der Waals surface area contributed by atoms with Crippen molar-refractivity contribution in [2.45, 2.75) is 82.8 Å². The number of alkyl carbamates (subject to hydrolysis) is 1. The molecule has 2 saturated heterocycles. The van der Waals surface area contributed by atoms with Crippen LogP contribution in [-0.4, -0.2) is 56.2 Å². The van der Waals surface area contributed by atoms with E-state index in [1.165, 1.54) is 19.3 Å². The highest BCUT2D eigenvalue weighted by Gasteiger charge is 2.49. The predicted molar refractivity (Wildman–Crippen MR) is 91.0 cm³/mol. The summed E-state index contributed by atoms with van der Waals surface area (Å²) in [6.07, 6.45) is 6.13. The van der Waals surface area contributed by atoms with Gasteiger partial charge >= 0.3 is 6.09 Å². The molecule has 0 spiro atoms. The van der Waals surface area contributed by atoms with E-state index in [2.05, 4.69) is 24.5 Å². The average molecular weight is 340 g/mol. The van der Waals surface area contributed by atoms with Gasteiger partial charge in [-0.1, -0.05) is 33.1 Å². The Morgan fingerprint density at radius 1 is 1.12 bits per heavy atom. The van der Waals surface area contributed by atoms with E-state index in [1.807, 2.05) is 0 Å². The normalized spacial score (nSPS) is 33.6. The Kier molecular flexibility index (Phi) is 6.36. The van der Waals surface area contributed by atoms with Gasteiger partial charge in [-0.3, -0.25) is 0 Å². The lowest BCUT2D eigenvalue weighted by molar-refractivity contribution is 0.00254. The zero-order valence-corrected chi connectivity index (χ0v) is 15.0. The summed E-state index contributed by atoms with van der Waals surface area (Å²) in [5.41, 5.74) is 0. The van der Waals surface area contributed by atoms with Crippen LogP contribution >= 0.6 is 0 Å². The molecule has 3 aliphatic rings. The number of hydrogen-bond donors (Lipinski definition) is 2. The lowest BCUT2D eigenvalue weighted by Gasteiger charge is -2.24. The van der Waals surface area contributed by atoms with Crippen molar-refractivity contribution in [3.63, 3.8) is 0 Å². The number of carbonyl (C=O) groups excluding carboxylic acids is 1. The van der Waals surface area contributed by atoms with Crippen LogP contribution in [0.1, 0.15) is 52.4 Å². The minimum absolute atomic E-state index is 0.00959. The van der Waals surface area contributed by atoms with Gasteiger partial charge < -0.3 is 24.8 Å². The molecule has 1 saturated carbocycles. The molecule has 0 aromatic heterocycles. The molecule has 6 heteroatoms. The van der Waals surface area contributed by atoms with Crippen LogP contribution in [0.2, 0.25) is 0 Å². The number of ether oxygens (including phenoxy) is 3. The molecule has 4 atom stereocenters. The van der Waals surface area contributed by atoms with Crippen molar-refractivity contribution in [3.05, 3.63) is 0 Å². The second-order valence-corrected chi connectivity index (χ2v) is 7.76. The minimum atomic E-state index is -0.323. The van der Waals surface area contributed by atoms with E-state index in [0.717, 1.165) is 25.8 Å². The van der Waals surface area contributed by atoms with E-state index >= 15 is 0 Å². The Hall–Kier alpha value is -0.850. The van der Waals surface area contributed by atoms with Gasteiger partial charge in [0.05, 0.1) is 19.3 Å². The van der Waals surface area contributed by atoms with Crippen molar-refractivity contribution in [3.8, 4) is 0 Å². The summed E-state index contributed by atoms with van der Waals surface area (Å²) in [7, 11) is 0. The second kappa shape index (κ2) is 8.50.